The quantitative estimate of drug-likeness (QED) is 0.0331. The Bertz CT molecular complexity index is 3050. The van der Waals surface area contributed by atoms with Crippen LogP contribution in [0.25, 0.3) is 21.7 Å². The molecule has 0 radical (unpaired) electrons. The van der Waals surface area contributed by atoms with Gasteiger partial charge in [-0.15, -0.1) is 0 Å². The molecule has 2 unspecified atom stereocenters. The molecule has 6 rings (SSSR count). The zero-order chi connectivity index (χ0) is 59.7. The number of carboxylic acid groups (broad SMARTS) is 1. The molecule has 17 N–H and O–H groups in total. The summed E-state index contributed by atoms with van der Waals surface area (Å²) in [7, 11) is 0. The number of aromatic nitrogens is 3. The summed E-state index contributed by atoms with van der Waals surface area (Å²) in [6.45, 7) is 4.33. The van der Waals surface area contributed by atoms with E-state index in [9.17, 15) is 43.2 Å². The summed E-state index contributed by atoms with van der Waals surface area (Å²) >= 11 is 0. The van der Waals surface area contributed by atoms with E-state index in [1.54, 1.807) is 12.3 Å². The van der Waals surface area contributed by atoms with Crippen LogP contribution in [0.15, 0.2) is 90.4 Å². The summed E-state index contributed by atoms with van der Waals surface area (Å²) in [6.07, 6.45) is 5.65. The Morgan fingerprint density at radius 1 is 0.744 bits per heavy atom. The fourth-order valence-electron chi connectivity index (χ4n) is 9.15. The molecule has 0 aliphatic carbocycles. The summed E-state index contributed by atoms with van der Waals surface area (Å²) in [5.41, 5.74) is 19.5. The van der Waals surface area contributed by atoms with E-state index in [2.05, 4.69) is 62.5 Å². The van der Waals surface area contributed by atoms with E-state index in [1.807, 2.05) is 67.6 Å². The summed E-state index contributed by atoms with van der Waals surface area (Å²) < 4.78 is 0. The lowest BCUT2D eigenvalue weighted by Gasteiger charge is -2.28. The molecule has 1 saturated heterocycles. The lowest BCUT2D eigenvalue weighted by atomic mass is 9.99. The van der Waals surface area contributed by atoms with Gasteiger partial charge in [-0.05, 0) is 66.5 Å². The second-order valence-electron chi connectivity index (χ2n) is 19.9. The number of hydrogen-bond donors (Lipinski definition) is 14. The van der Waals surface area contributed by atoms with Gasteiger partial charge >= 0.3 is 0 Å². The van der Waals surface area contributed by atoms with Crippen LogP contribution in [0.5, 0.6) is 0 Å². The lowest BCUT2D eigenvalue weighted by molar-refractivity contribution is -0.136. The molecule has 1 aliphatic rings. The molecule has 26 nitrogen and oxygen atoms in total. The summed E-state index contributed by atoms with van der Waals surface area (Å²) in [6, 6.07) is 10.9. The predicted octanol–water partition coefficient (Wildman–Crippen LogP) is -0.00420. The van der Waals surface area contributed by atoms with Crippen molar-refractivity contribution in [2.75, 3.05) is 13.1 Å². The van der Waals surface area contributed by atoms with Crippen LogP contribution < -0.4 is 59.7 Å². The number of guanidine groups is 1. The van der Waals surface area contributed by atoms with E-state index < -0.39 is 108 Å². The van der Waals surface area contributed by atoms with Crippen molar-refractivity contribution in [2.24, 2.45) is 22.2 Å². The van der Waals surface area contributed by atoms with Crippen LogP contribution >= 0.6 is 0 Å². The van der Waals surface area contributed by atoms with E-state index >= 15 is 0 Å². The van der Waals surface area contributed by atoms with E-state index in [-0.39, 0.29) is 76.8 Å². The number of fused-ring (bicyclic) bond motifs is 2. The van der Waals surface area contributed by atoms with Crippen LogP contribution in [0, 0.1) is 0 Å². The number of aromatic amines is 2. The Morgan fingerprint density at radius 3 is 2.05 bits per heavy atom. The number of primary amides is 1. The number of carbonyl (C=O) groups excluding carboxylic acids is 9. The number of amides is 9. The van der Waals surface area contributed by atoms with Gasteiger partial charge in [-0.1, -0.05) is 80.4 Å². The Morgan fingerprint density at radius 2 is 1.38 bits per heavy atom. The van der Waals surface area contributed by atoms with Crippen molar-refractivity contribution >= 4 is 86.8 Å². The number of carbonyl (C=O) groups is 10. The second-order valence-corrected chi connectivity index (χ2v) is 19.9. The number of benzene rings is 3. The van der Waals surface area contributed by atoms with Gasteiger partial charge in [-0.2, -0.15) is 0 Å². The van der Waals surface area contributed by atoms with Gasteiger partial charge in [0.1, 0.15) is 42.3 Å². The third kappa shape index (κ3) is 20.7. The van der Waals surface area contributed by atoms with Gasteiger partial charge in [0.15, 0.2) is 5.96 Å². The van der Waals surface area contributed by atoms with Crippen molar-refractivity contribution in [3.63, 3.8) is 0 Å². The van der Waals surface area contributed by atoms with Crippen molar-refractivity contribution in [1.29, 1.82) is 0 Å². The number of imidazole rings is 1. The maximum Gasteiger partial charge on any atom is 0.300 e. The molecule has 440 valence electrons. The third-order valence-electron chi connectivity index (χ3n) is 13.3. The molecule has 2 aromatic heterocycles. The van der Waals surface area contributed by atoms with Crippen LogP contribution in [0.4, 0.5) is 0 Å². The van der Waals surface area contributed by atoms with Gasteiger partial charge in [0.05, 0.1) is 12.7 Å². The minimum Gasteiger partial charge on any atom is -0.481 e. The summed E-state index contributed by atoms with van der Waals surface area (Å²) in [5, 5.41) is 31.7. The number of nitrogens with one attached hydrogen (secondary N) is 10. The predicted molar refractivity (Wildman–Crippen MR) is 305 cm³/mol. The number of unbranched alkanes of at least 4 members (excludes halogenated alkanes) is 1. The molecule has 0 saturated carbocycles. The first-order chi connectivity index (χ1) is 39.2. The molecule has 0 bridgehead atoms. The van der Waals surface area contributed by atoms with Crippen molar-refractivity contribution in [1.82, 2.24) is 57.5 Å². The number of carboxylic acids is 1. The molecule has 9 amide bonds. The van der Waals surface area contributed by atoms with E-state index in [1.165, 1.54) is 19.4 Å². The highest BCUT2D eigenvalue weighted by atomic mass is 16.4. The standard InChI is InChI=1S/C54H71N15O9.C2H4O2/c1-3-4-15-40(63-31(2)70)48(73)69-45-27-46(71)59-21-10-9-17-39(47(55)72)64-51(76)43(25-35-28-61-38-16-8-7-14-37(35)38)67-49(74)41(18-11-22-60-54(56)57)65-50(75)42(24-32-19-20-33-12-5-6-13-34(33)23-32)66-52(77)44(68-53(45)78)26-36-29-58-30-62-36;1-2(3)4/h5-8,12-14,16,19-20,23,28-30,39-45,61H,3-4,9-11,15,17-18,21-22,24-27H2,1-2H3,(H2,55,72)(H,58,62)(H,59,71)(H,63,70)(H,64,76)(H,65,75)(H,66,77)(H,67,74)(H,68,78)(H,69,73)(H4,56,57,60);1H3,(H,3,4)/t39-,40-,41-,42+,43-,44?,45?;/m0./s1. The van der Waals surface area contributed by atoms with Gasteiger partial charge in [0.25, 0.3) is 5.97 Å². The zero-order valence-electron chi connectivity index (χ0n) is 46.2. The van der Waals surface area contributed by atoms with E-state index in [0.29, 0.717) is 29.7 Å². The maximum absolute atomic E-state index is 15.0. The number of hydrogen-bond acceptors (Lipinski definition) is 12. The Hall–Kier alpha value is -9.36. The van der Waals surface area contributed by atoms with Crippen LogP contribution in [-0.4, -0.2) is 141 Å². The average Bonchev–Trinajstić information content (AvgIpc) is 4.28. The normalized spacial score (nSPS) is 20.2. The third-order valence-corrected chi connectivity index (χ3v) is 13.3. The van der Waals surface area contributed by atoms with E-state index in [0.717, 1.165) is 28.6 Å². The van der Waals surface area contributed by atoms with Crippen LogP contribution in [0.1, 0.15) is 95.4 Å². The first-order valence-corrected chi connectivity index (χ1v) is 27.1. The molecule has 0 spiro atoms. The number of aliphatic carboxylic acids is 1. The molecular weight excluding hydrogens is 1060 g/mol. The number of para-hydroxylation sites is 1. The van der Waals surface area contributed by atoms with E-state index in [4.69, 9.17) is 27.1 Å². The molecule has 5 aromatic rings. The highest BCUT2D eigenvalue weighted by Gasteiger charge is 2.35. The fourth-order valence-corrected chi connectivity index (χ4v) is 9.15. The van der Waals surface area contributed by atoms with Gasteiger partial charge in [-0.25, -0.2) is 4.98 Å². The molecule has 3 heterocycles. The Balaban J connectivity index is 0.00000298. The summed E-state index contributed by atoms with van der Waals surface area (Å²) in [4.78, 5) is 149. The number of nitrogens with zero attached hydrogens (tertiary/aromatic N) is 2. The summed E-state index contributed by atoms with van der Waals surface area (Å²) in [5.74, 6) is -7.96. The molecule has 1 aliphatic heterocycles. The number of aliphatic imine (C=N–C) groups is 1. The molecule has 26 heteroatoms. The van der Waals surface area contributed by atoms with Crippen LogP contribution in [0.3, 0.4) is 0 Å². The van der Waals surface area contributed by atoms with Crippen molar-refractivity contribution in [3.8, 4) is 0 Å². The topological polar surface area (TPSA) is 422 Å². The lowest BCUT2D eigenvalue weighted by Crippen LogP contribution is -2.61. The molecule has 1 fully saturated rings. The molecule has 7 atom stereocenters. The van der Waals surface area contributed by atoms with Gasteiger partial charge in [0, 0.05) is 75.2 Å². The largest absolute Gasteiger partial charge is 0.481 e. The van der Waals surface area contributed by atoms with Gasteiger partial charge < -0.3 is 74.8 Å². The highest BCUT2D eigenvalue weighted by Crippen LogP contribution is 2.21. The Kier molecular flexibility index (Phi) is 24.8. The average molecular weight is 1130 g/mol. The van der Waals surface area contributed by atoms with Crippen molar-refractivity contribution in [2.45, 2.75) is 140 Å². The number of rotatable bonds is 17. The number of nitrogens with two attached hydrogens (primary N) is 3. The monoisotopic (exact) mass is 1130 g/mol. The highest BCUT2D eigenvalue weighted by molar-refractivity contribution is 5.99. The Labute approximate surface area is 473 Å². The second kappa shape index (κ2) is 32.0. The minimum absolute atomic E-state index is 0.0366. The van der Waals surface area contributed by atoms with Gasteiger partial charge in [0.2, 0.25) is 53.2 Å². The van der Waals surface area contributed by atoms with Crippen LogP contribution in [-0.2, 0) is 67.2 Å². The van der Waals surface area contributed by atoms with Crippen molar-refractivity contribution in [3.05, 3.63) is 102 Å². The molecule has 3 aromatic carbocycles. The molecule has 82 heavy (non-hydrogen) atoms. The minimum atomic E-state index is -1.59. The SMILES string of the molecule is CC(=O)O.CCCC[C@H](NC(C)=O)C(=O)NC1CC(=O)NCCCC[C@@H](C(N)=O)NC(=O)[C@H](Cc2c[nH]c3ccccc23)NC(=O)[C@H](CCCN=C(N)N)NC(=O)[C@@H](Cc2ccc3ccccc3c2)NC(=O)C(Cc2cnc[nH]2)NC1=O. The van der Waals surface area contributed by atoms with Crippen molar-refractivity contribution < 1.29 is 53.1 Å². The maximum atomic E-state index is 15.0. The van der Waals surface area contributed by atoms with Gasteiger partial charge in [-0.3, -0.25) is 52.9 Å². The molecular formula is C56H75N15O11. The smallest absolute Gasteiger partial charge is 0.300 e. The zero-order valence-corrected chi connectivity index (χ0v) is 46.2. The first-order valence-electron chi connectivity index (χ1n) is 27.1. The first kappa shape index (κ1) is 63.5. The van der Waals surface area contributed by atoms with Crippen LogP contribution in [0.2, 0.25) is 0 Å². The fraction of sp³-hybridized carbons (Fsp3) is 0.429. The number of H-pyrrole nitrogens is 2.